The van der Waals surface area contributed by atoms with Crippen LogP contribution in [0.5, 0.6) is 0 Å². The lowest BCUT2D eigenvalue weighted by Gasteiger charge is -2.27. The Kier molecular flexibility index (Phi) is 22.6. The molecule has 0 heterocycles. The number of aldehydes is 1. The molecule has 0 bridgehead atoms. The van der Waals surface area contributed by atoms with Crippen molar-refractivity contribution in [2.24, 2.45) is 17.8 Å². The van der Waals surface area contributed by atoms with E-state index in [-0.39, 0.29) is 17.8 Å². The van der Waals surface area contributed by atoms with Crippen LogP contribution in [0.1, 0.15) is 147 Å². The lowest BCUT2D eigenvalue weighted by atomic mass is 9.76. The molecule has 242 valence electrons. The minimum Gasteiger partial charge on any atom is -0.303 e. The molecule has 2 unspecified atom stereocenters. The van der Waals surface area contributed by atoms with Gasteiger partial charge < -0.3 is 4.79 Å². The number of carbonyl (C=O) groups excluding carboxylic acids is 1. The van der Waals surface area contributed by atoms with Gasteiger partial charge in [0.25, 0.3) is 0 Å². The highest BCUT2D eigenvalue weighted by atomic mass is 16.1. The number of hydrogen-bond acceptors (Lipinski definition) is 1. The van der Waals surface area contributed by atoms with Crippen LogP contribution in [-0.2, 0) is 4.79 Å². The first-order valence-electron chi connectivity index (χ1n) is 16.9. The standard InChI is InChI=1S/C42H68O/c1-32(2)17-13-21-36(9)25-27-40(29-38(11)23-15-19-34(5)6)42(31-43)41(30-39(12)24-16-20-35(7)8)28-26-37(10)22-14-18-33(3)4/h17-20,25-26,29-31,40-42H,13-16,21-24,27-28H2,1-12H3/b36-25+,37-26+,38-29+,39-30+. The Hall–Kier alpha value is -2.41. The van der Waals surface area contributed by atoms with Crippen LogP contribution < -0.4 is 0 Å². The van der Waals surface area contributed by atoms with Crippen molar-refractivity contribution < 1.29 is 4.79 Å². The largest absolute Gasteiger partial charge is 0.303 e. The third-order valence-corrected chi connectivity index (χ3v) is 7.99. The first kappa shape index (κ1) is 40.6. The molecule has 0 aliphatic rings. The predicted molar refractivity (Wildman–Crippen MR) is 195 cm³/mol. The summed E-state index contributed by atoms with van der Waals surface area (Å²) in [7, 11) is 0. The van der Waals surface area contributed by atoms with Crippen LogP contribution in [0.25, 0.3) is 0 Å². The smallest absolute Gasteiger partial charge is 0.124 e. The zero-order chi connectivity index (χ0) is 32.8. The van der Waals surface area contributed by atoms with E-state index in [0.29, 0.717) is 0 Å². The van der Waals surface area contributed by atoms with E-state index in [1.54, 1.807) is 0 Å². The van der Waals surface area contributed by atoms with Gasteiger partial charge in [0.1, 0.15) is 6.29 Å². The van der Waals surface area contributed by atoms with Gasteiger partial charge in [-0.2, -0.15) is 0 Å². The fourth-order valence-corrected chi connectivity index (χ4v) is 5.32. The second-order valence-electron chi connectivity index (χ2n) is 13.9. The number of hydrogen-bond donors (Lipinski definition) is 0. The van der Waals surface area contributed by atoms with Crippen LogP contribution in [0.4, 0.5) is 0 Å². The molecule has 0 aromatic rings. The van der Waals surface area contributed by atoms with Crippen molar-refractivity contribution in [1.82, 2.24) is 0 Å². The van der Waals surface area contributed by atoms with Crippen molar-refractivity contribution in [3.8, 4) is 0 Å². The van der Waals surface area contributed by atoms with Crippen LogP contribution in [-0.4, -0.2) is 6.29 Å². The van der Waals surface area contributed by atoms with E-state index in [0.717, 1.165) is 64.2 Å². The third-order valence-electron chi connectivity index (χ3n) is 7.99. The fourth-order valence-electron chi connectivity index (χ4n) is 5.32. The van der Waals surface area contributed by atoms with Crippen LogP contribution in [0, 0.1) is 17.8 Å². The zero-order valence-corrected chi connectivity index (χ0v) is 30.4. The normalized spacial score (nSPS) is 14.9. The molecule has 0 aromatic carbocycles. The second kappa shape index (κ2) is 24.0. The van der Waals surface area contributed by atoms with Crippen LogP contribution in [0.3, 0.4) is 0 Å². The summed E-state index contributed by atoms with van der Waals surface area (Å²) in [6, 6.07) is 0. The number of carbonyl (C=O) groups is 1. The molecule has 0 fully saturated rings. The quantitative estimate of drug-likeness (QED) is 0.0962. The molecule has 43 heavy (non-hydrogen) atoms. The zero-order valence-electron chi connectivity index (χ0n) is 30.4. The molecule has 1 heteroatoms. The maximum absolute atomic E-state index is 13.0. The van der Waals surface area contributed by atoms with E-state index in [1.165, 1.54) is 50.9 Å². The molecule has 0 spiro atoms. The monoisotopic (exact) mass is 589 g/mol. The Morgan fingerprint density at radius 2 is 0.698 bits per heavy atom. The SMILES string of the molecule is CC(C)=CCC/C(C)=C/CC(/C=C(\C)CCC=C(C)C)C(C=O)C(/C=C(\C)CCC=C(C)C)C/C=C(\C)CCC=C(C)C. The summed E-state index contributed by atoms with van der Waals surface area (Å²) < 4.78 is 0. The van der Waals surface area contributed by atoms with E-state index in [1.807, 2.05) is 0 Å². The van der Waals surface area contributed by atoms with E-state index in [9.17, 15) is 4.79 Å². The highest BCUT2D eigenvalue weighted by molar-refractivity contribution is 5.56. The Balaban J connectivity index is 6.41. The summed E-state index contributed by atoms with van der Waals surface area (Å²) >= 11 is 0. The lowest BCUT2D eigenvalue weighted by molar-refractivity contribution is -0.113. The van der Waals surface area contributed by atoms with Gasteiger partial charge in [-0.05, 0) is 159 Å². The van der Waals surface area contributed by atoms with Gasteiger partial charge in [-0.1, -0.05) is 93.2 Å². The molecular formula is C42H68O. The maximum atomic E-state index is 13.0. The molecular weight excluding hydrogens is 520 g/mol. The topological polar surface area (TPSA) is 17.1 Å². The Bertz CT molecular complexity index is 964. The summed E-state index contributed by atoms with van der Waals surface area (Å²) in [6.45, 7) is 26.3. The second-order valence-corrected chi connectivity index (χ2v) is 13.9. The van der Waals surface area contributed by atoms with Gasteiger partial charge in [0, 0.05) is 5.92 Å². The molecule has 0 N–H and O–H groups in total. The van der Waals surface area contributed by atoms with E-state index >= 15 is 0 Å². The molecule has 0 aliphatic heterocycles. The fraction of sp³-hybridized carbons (Fsp3) is 0.595. The minimum atomic E-state index is -0.0551. The summed E-state index contributed by atoms with van der Waals surface area (Å²) in [5.74, 6) is 0.322. The summed E-state index contributed by atoms with van der Waals surface area (Å²) in [6.07, 6.45) is 30.6. The van der Waals surface area contributed by atoms with Gasteiger partial charge >= 0.3 is 0 Å². The minimum absolute atomic E-state index is 0.0551. The van der Waals surface area contributed by atoms with Gasteiger partial charge in [-0.15, -0.1) is 0 Å². The molecule has 0 radical (unpaired) electrons. The average molecular weight is 589 g/mol. The van der Waals surface area contributed by atoms with Crippen molar-refractivity contribution in [3.63, 3.8) is 0 Å². The predicted octanol–water partition coefficient (Wildman–Crippen LogP) is 13.6. The van der Waals surface area contributed by atoms with Gasteiger partial charge in [0.2, 0.25) is 0 Å². The van der Waals surface area contributed by atoms with Gasteiger partial charge in [0.15, 0.2) is 0 Å². The molecule has 0 aromatic heterocycles. The Morgan fingerprint density at radius 3 is 0.953 bits per heavy atom. The Morgan fingerprint density at radius 1 is 0.419 bits per heavy atom. The van der Waals surface area contributed by atoms with Crippen molar-refractivity contribution in [2.45, 2.75) is 147 Å². The first-order chi connectivity index (χ1) is 20.2. The van der Waals surface area contributed by atoms with Crippen LogP contribution >= 0.6 is 0 Å². The summed E-state index contributed by atoms with van der Waals surface area (Å²) in [4.78, 5) is 13.0. The number of allylic oxidation sites excluding steroid dienone is 16. The van der Waals surface area contributed by atoms with Crippen molar-refractivity contribution >= 4 is 6.29 Å². The molecule has 0 saturated carbocycles. The molecule has 2 atom stereocenters. The number of rotatable bonds is 21. The first-order valence-corrected chi connectivity index (χ1v) is 16.9. The highest BCUT2D eigenvalue weighted by Crippen LogP contribution is 2.32. The van der Waals surface area contributed by atoms with Gasteiger partial charge in [-0.3, -0.25) is 0 Å². The Labute approximate surface area is 268 Å². The lowest BCUT2D eigenvalue weighted by Crippen LogP contribution is -2.23. The summed E-state index contributed by atoms with van der Waals surface area (Å²) in [5.41, 5.74) is 11.1. The van der Waals surface area contributed by atoms with E-state index < -0.39 is 0 Å². The third kappa shape index (κ3) is 22.7. The summed E-state index contributed by atoms with van der Waals surface area (Å²) in [5, 5.41) is 0. The van der Waals surface area contributed by atoms with Crippen molar-refractivity contribution in [1.29, 1.82) is 0 Å². The van der Waals surface area contributed by atoms with E-state index in [4.69, 9.17) is 0 Å². The molecule has 0 saturated heterocycles. The average Bonchev–Trinajstić information content (AvgIpc) is 2.89. The molecule has 0 amide bonds. The highest BCUT2D eigenvalue weighted by Gasteiger charge is 2.26. The van der Waals surface area contributed by atoms with E-state index in [2.05, 4.69) is 132 Å². The van der Waals surface area contributed by atoms with Crippen LogP contribution in [0.15, 0.2) is 93.2 Å². The maximum Gasteiger partial charge on any atom is 0.124 e. The van der Waals surface area contributed by atoms with Crippen LogP contribution in [0.2, 0.25) is 0 Å². The molecule has 1 nitrogen and oxygen atoms in total. The van der Waals surface area contributed by atoms with Gasteiger partial charge in [-0.25, -0.2) is 0 Å². The van der Waals surface area contributed by atoms with Crippen molar-refractivity contribution in [2.75, 3.05) is 0 Å². The van der Waals surface area contributed by atoms with Crippen molar-refractivity contribution in [3.05, 3.63) is 93.2 Å². The molecule has 0 rings (SSSR count). The molecule has 0 aliphatic carbocycles. The van der Waals surface area contributed by atoms with Gasteiger partial charge in [0.05, 0.1) is 0 Å².